The summed E-state index contributed by atoms with van der Waals surface area (Å²) in [6.07, 6.45) is 2.16. The molecule has 0 saturated carbocycles. The number of aliphatic hydroxyl groups excluding tert-OH is 4. The van der Waals surface area contributed by atoms with E-state index in [9.17, 15) is 20.4 Å². The van der Waals surface area contributed by atoms with Crippen LogP contribution < -0.4 is 9.47 Å². The average molecular weight is 435 g/mol. The van der Waals surface area contributed by atoms with E-state index >= 15 is 0 Å². The Morgan fingerprint density at radius 2 is 1.80 bits per heavy atom. The Kier molecular flexibility index (Phi) is 6.19. The Morgan fingerprint density at radius 1 is 1.07 bits per heavy atom. The summed E-state index contributed by atoms with van der Waals surface area (Å²) in [5.41, 5.74) is 3.16. The van der Waals surface area contributed by atoms with Gasteiger partial charge in [-0.1, -0.05) is 36.3 Å². The Bertz CT molecular complexity index is 850. The van der Waals surface area contributed by atoms with Gasteiger partial charge in [0.2, 0.25) is 0 Å². The monoisotopic (exact) mass is 434 g/mol. The van der Waals surface area contributed by atoms with Gasteiger partial charge in [-0.3, -0.25) is 0 Å². The van der Waals surface area contributed by atoms with Crippen molar-refractivity contribution in [1.29, 1.82) is 0 Å². The molecule has 1 fully saturated rings. The third-order valence-corrected chi connectivity index (χ3v) is 8.32. The lowest BCUT2D eigenvalue weighted by atomic mass is 9.71. The van der Waals surface area contributed by atoms with E-state index in [4.69, 9.17) is 9.47 Å². The molecule has 2 heterocycles. The summed E-state index contributed by atoms with van der Waals surface area (Å²) in [5.74, 6) is 1.54. The molecule has 7 heteroatoms. The van der Waals surface area contributed by atoms with Crippen molar-refractivity contribution in [1.82, 2.24) is 0 Å². The second-order valence-electron chi connectivity index (χ2n) is 8.71. The number of thioether (sulfide) groups is 1. The topological polar surface area (TPSA) is 99.4 Å². The summed E-state index contributed by atoms with van der Waals surface area (Å²) in [4.78, 5) is 0. The number of fused-ring (bicyclic) bond motifs is 1. The molecule has 3 aliphatic rings. The summed E-state index contributed by atoms with van der Waals surface area (Å²) >= 11 is 1.36. The highest BCUT2D eigenvalue weighted by Gasteiger charge is 2.50. The first-order valence-electron chi connectivity index (χ1n) is 10.4. The molecule has 0 aromatic heterocycles. The van der Waals surface area contributed by atoms with Crippen molar-refractivity contribution in [2.24, 2.45) is 5.41 Å². The van der Waals surface area contributed by atoms with Gasteiger partial charge >= 0.3 is 0 Å². The van der Waals surface area contributed by atoms with E-state index in [0.29, 0.717) is 13.2 Å². The zero-order valence-corrected chi connectivity index (χ0v) is 18.1. The van der Waals surface area contributed by atoms with Crippen molar-refractivity contribution in [3.8, 4) is 11.5 Å². The maximum absolute atomic E-state index is 10.7. The Morgan fingerprint density at radius 3 is 2.53 bits per heavy atom. The van der Waals surface area contributed by atoms with E-state index in [1.807, 2.05) is 12.1 Å². The lowest BCUT2D eigenvalue weighted by molar-refractivity contribution is -0.0781. The predicted octanol–water partition coefficient (Wildman–Crippen LogP) is 1.84. The third-order valence-electron chi connectivity index (χ3n) is 6.43. The van der Waals surface area contributed by atoms with Crippen molar-refractivity contribution in [2.75, 3.05) is 19.8 Å². The number of rotatable bonds is 4. The minimum atomic E-state index is -1.27. The molecule has 4 N–H and O–H groups in total. The number of benzene rings is 1. The summed E-state index contributed by atoms with van der Waals surface area (Å²) in [7, 11) is 0. The molecule has 1 aromatic rings. The maximum Gasteiger partial charge on any atom is 0.161 e. The molecule has 30 heavy (non-hydrogen) atoms. The summed E-state index contributed by atoms with van der Waals surface area (Å²) in [6.45, 7) is 5.03. The first-order valence-corrected chi connectivity index (χ1v) is 11.3. The van der Waals surface area contributed by atoms with E-state index in [1.165, 1.54) is 22.9 Å². The van der Waals surface area contributed by atoms with Gasteiger partial charge in [-0.2, -0.15) is 0 Å². The van der Waals surface area contributed by atoms with E-state index < -0.39 is 29.0 Å². The predicted molar refractivity (Wildman–Crippen MR) is 116 cm³/mol. The van der Waals surface area contributed by atoms with Crippen molar-refractivity contribution in [2.45, 2.75) is 55.5 Å². The lowest BCUT2D eigenvalue weighted by Crippen LogP contribution is -2.58. The number of ether oxygens (including phenoxy) is 2. The SMILES string of the molecule is CC1=C(Cc2ccc3c(c2)OCCO3)CC(C)([C@@H]2S[C@H](CO)[C@@H](O)[C@H](O)[C@H]2O)C=C1. The van der Waals surface area contributed by atoms with Crippen LogP contribution in [0.4, 0.5) is 0 Å². The van der Waals surface area contributed by atoms with Gasteiger partial charge in [0, 0.05) is 10.7 Å². The molecule has 0 amide bonds. The van der Waals surface area contributed by atoms with Crippen LogP contribution in [0.15, 0.2) is 41.5 Å². The van der Waals surface area contributed by atoms with Gasteiger partial charge in [0.25, 0.3) is 0 Å². The van der Waals surface area contributed by atoms with E-state index in [-0.39, 0.29) is 11.9 Å². The lowest BCUT2D eigenvalue weighted by Gasteiger charge is -2.47. The Hall–Kier alpha value is -1.51. The fourth-order valence-electron chi connectivity index (χ4n) is 4.58. The largest absolute Gasteiger partial charge is 0.486 e. The molecule has 164 valence electrons. The first kappa shape index (κ1) is 21.7. The van der Waals surface area contributed by atoms with Crippen molar-refractivity contribution in [3.05, 3.63) is 47.1 Å². The van der Waals surface area contributed by atoms with E-state index in [2.05, 4.69) is 32.1 Å². The minimum absolute atomic E-state index is 0.245. The molecule has 1 aromatic carbocycles. The summed E-state index contributed by atoms with van der Waals surface area (Å²) < 4.78 is 11.3. The summed E-state index contributed by atoms with van der Waals surface area (Å²) in [5, 5.41) is 40.0. The molecule has 1 unspecified atom stereocenters. The molecular formula is C23H30O6S. The highest BCUT2D eigenvalue weighted by Crippen LogP contribution is 2.48. The molecule has 4 rings (SSSR count). The van der Waals surface area contributed by atoms with Gasteiger partial charge in [-0.05, 0) is 37.5 Å². The quantitative estimate of drug-likeness (QED) is 0.574. The first-order chi connectivity index (χ1) is 14.3. The molecule has 0 radical (unpaired) electrons. The van der Waals surface area contributed by atoms with Crippen LogP contribution in [0, 0.1) is 5.41 Å². The van der Waals surface area contributed by atoms with Crippen LogP contribution in [-0.4, -0.2) is 69.1 Å². The van der Waals surface area contributed by atoms with Crippen molar-refractivity contribution >= 4 is 11.8 Å². The summed E-state index contributed by atoms with van der Waals surface area (Å²) in [6, 6.07) is 6.02. The van der Waals surface area contributed by atoms with E-state index in [1.54, 1.807) is 0 Å². The highest BCUT2D eigenvalue weighted by atomic mass is 32.2. The molecule has 2 aliphatic heterocycles. The van der Waals surface area contributed by atoms with Crippen LogP contribution in [0.5, 0.6) is 11.5 Å². The van der Waals surface area contributed by atoms with Crippen LogP contribution >= 0.6 is 11.8 Å². The number of allylic oxidation sites excluding steroid dienone is 4. The van der Waals surface area contributed by atoms with Gasteiger partial charge in [0.05, 0.1) is 24.1 Å². The Labute approximate surface area is 181 Å². The number of aliphatic hydroxyl groups is 4. The number of hydrogen-bond donors (Lipinski definition) is 4. The van der Waals surface area contributed by atoms with Crippen molar-refractivity contribution in [3.63, 3.8) is 0 Å². The number of hydrogen-bond acceptors (Lipinski definition) is 7. The maximum atomic E-state index is 10.7. The molecule has 0 spiro atoms. The average Bonchev–Trinajstić information content (AvgIpc) is 2.75. The second-order valence-corrected chi connectivity index (χ2v) is 10.1. The van der Waals surface area contributed by atoms with Crippen LogP contribution in [0.1, 0.15) is 25.8 Å². The van der Waals surface area contributed by atoms with Crippen LogP contribution in [-0.2, 0) is 6.42 Å². The molecule has 6 atom stereocenters. The van der Waals surface area contributed by atoms with Gasteiger partial charge in [0.1, 0.15) is 19.3 Å². The highest BCUT2D eigenvalue weighted by molar-refractivity contribution is 8.00. The van der Waals surface area contributed by atoms with Crippen molar-refractivity contribution < 1.29 is 29.9 Å². The second kappa shape index (κ2) is 8.55. The molecule has 6 nitrogen and oxygen atoms in total. The van der Waals surface area contributed by atoms with Gasteiger partial charge in [-0.15, -0.1) is 11.8 Å². The molecular weight excluding hydrogens is 404 g/mol. The van der Waals surface area contributed by atoms with Gasteiger partial charge in [-0.25, -0.2) is 0 Å². The van der Waals surface area contributed by atoms with Gasteiger partial charge in [0.15, 0.2) is 11.5 Å². The van der Waals surface area contributed by atoms with Crippen LogP contribution in [0.25, 0.3) is 0 Å². The molecule has 1 saturated heterocycles. The third kappa shape index (κ3) is 4.01. The standard InChI is InChI=1S/C23H30O6S/c1-13-5-6-23(2,22-21(27)20(26)19(25)18(12-24)30-22)11-15(13)9-14-3-4-16-17(10-14)29-8-7-28-16/h3-6,10,18-22,24-27H,7-9,11-12H2,1-2H3/t18-,19-,20+,21-,22-,23?/m1/s1. The van der Waals surface area contributed by atoms with Crippen LogP contribution in [0.2, 0.25) is 0 Å². The Balaban J connectivity index is 1.55. The smallest absolute Gasteiger partial charge is 0.161 e. The fourth-order valence-corrected chi connectivity index (χ4v) is 6.16. The molecule has 1 aliphatic carbocycles. The zero-order valence-electron chi connectivity index (χ0n) is 17.3. The normalized spacial score (nSPS) is 36.1. The van der Waals surface area contributed by atoms with E-state index in [0.717, 1.165) is 29.9 Å². The van der Waals surface area contributed by atoms with Crippen LogP contribution in [0.3, 0.4) is 0 Å². The fraction of sp³-hybridized carbons (Fsp3) is 0.565. The zero-order chi connectivity index (χ0) is 21.5. The van der Waals surface area contributed by atoms with Gasteiger partial charge < -0.3 is 29.9 Å². The minimum Gasteiger partial charge on any atom is -0.486 e. The molecule has 0 bridgehead atoms.